The van der Waals surface area contributed by atoms with E-state index < -0.39 is 11.9 Å². The topological polar surface area (TPSA) is 55.4 Å². The van der Waals surface area contributed by atoms with E-state index >= 15 is 0 Å². The Labute approximate surface area is 163 Å². The van der Waals surface area contributed by atoms with Gasteiger partial charge in [-0.25, -0.2) is 4.39 Å². The third-order valence-electron chi connectivity index (χ3n) is 4.15. The van der Waals surface area contributed by atoms with E-state index in [1.54, 1.807) is 0 Å². The molecule has 3 aromatic rings. The zero-order chi connectivity index (χ0) is 19.8. The van der Waals surface area contributed by atoms with E-state index in [0.29, 0.717) is 17.7 Å². The van der Waals surface area contributed by atoms with Crippen LogP contribution in [0.25, 0.3) is 0 Å². The maximum Gasteiger partial charge on any atom is 0.310 e. The average molecular weight is 377 g/mol. The minimum Gasteiger partial charge on any atom is -0.455 e. The number of nitrogens with one attached hydrogen (secondary N) is 1. The molecular weight excluding hydrogens is 357 g/mol. The van der Waals surface area contributed by atoms with Crippen molar-refractivity contribution in [2.75, 3.05) is 11.9 Å². The van der Waals surface area contributed by atoms with Crippen LogP contribution >= 0.6 is 0 Å². The molecule has 0 radical (unpaired) electrons. The number of rotatable bonds is 7. The molecule has 0 heterocycles. The molecule has 3 rings (SSSR count). The number of esters is 1. The first-order valence-corrected chi connectivity index (χ1v) is 8.92. The summed E-state index contributed by atoms with van der Waals surface area (Å²) in [5, 5.41) is 2.79. The van der Waals surface area contributed by atoms with Crippen molar-refractivity contribution in [1.29, 1.82) is 0 Å². The van der Waals surface area contributed by atoms with Gasteiger partial charge >= 0.3 is 5.97 Å². The summed E-state index contributed by atoms with van der Waals surface area (Å²) in [5.41, 5.74) is 3.42. The highest BCUT2D eigenvalue weighted by atomic mass is 19.1. The third kappa shape index (κ3) is 5.77. The third-order valence-corrected chi connectivity index (χ3v) is 4.15. The van der Waals surface area contributed by atoms with Crippen LogP contribution in [0.15, 0.2) is 78.9 Å². The fourth-order valence-corrected chi connectivity index (χ4v) is 2.76. The lowest BCUT2D eigenvalue weighted by Gasteiger charge is -2.11. The van der Waals surface area contributed by atoms with Crippen LogP contribution in [0.3, 0.4) is 0 Å². The molecule has 5 heteroatoms. The summed E-state index contributed by atoms with van der Waals surface area (Å²) >= 11 is 0. The molecule has 0 spiro atoms. The Balaban J connectivity index is 1.53. The molecular formula is C23H20FNO3. The maximum absolute atomic E-state index is 12.9. The summed E-state index contributed by atoms with van der Waals surface area (Å²) in [7, 11) is 0. The number of hydrogen-bond donors (Lipinski definition) is 1. The van der Waals surface area contributed by atoms with E-state index in [-0.39, 0.29) is 18.8 Å². The molecule has 1 amide bonds. The molecule has 3 aromatic carbocycles. The average Bonchev–Trinajstić information content (AvgIpc) is 2.70. The van der Waals surface area contributed by atoms with Gasteiger partial charge in [0.05, 0.1) is 6.42 Å². The molecule has 0 aliphatic rings. The molecule has 0 aromatic heterocycles. The van der Waals surface area contributed by atoms with Gasteiger partial charge < -0.3 is 10.1 Å². The van der Waals surface area contributed by atoms with Crippen molar-refractivity contribution in [2.24, 2.45) is 0 Å². The Bertz CT molecular complexity index is 940. The van der Waals surface area contributed by atoms with E-state index in [2.05, 4.69) is 5.32 Å². The van der Waals surface area contributed by atoms with Gasteiger partial charge in [-0.3, -0.25) is 9.59 Å². The lowest BCUT2D eigenvalue weighted by atomic mass is 10.0. The summed E-state index contributed by atoms with van der Waals surface area (Å²) in [6.07, 6.45) is 0.666. The quantitative estimate of drug-likeness (QED) is 0.630. The summed E-state index contributed by atoms with van der Waals surface area (Å²) in [6, 6.07) is 23.0. The van der Waals surface area contributed by atoms with E-state index in [1.807, 2.05) is 54.6 Å². The van der Waals surface area contributed by atoms with Crippen LogP contribution in [0.2, 0.25) is 0 Å². The largest absolute Gasteiger partial charge is 0.455 e. The second kappa shape index (κ2) is 9.46. The zero-order valence-corrected chi connectivity index (χ0v) is 15.2. The molecule has 1 N–H and O–H groups in total. The molecule has 0 atom stereocenters. The molecule has 28 heavy (non-hydrogen) atoms. The smallest absolute Gasteiger partial charge is 0.310 e. The Hall–Kier alpha value is -3.47. The molecule has 142 valence electrons. The lowest BCUT2D eigenvalue weighted by Crippen LogP contribution is -2.22. The number of amides is 1. The number of halogens is 1. The number of carbonyl (C=O) groups excluding carboxylic acids is 2. The van der Waals surface area contributed by atoms with Crippen LogP contribution in [-0.4, -0.2) is 18.5 Å². The van der Waals surface area contributed by atoms with Gasteiger partial charge in [-0.2, -0.15) is 0 Å². The maximum atomic E-state index is 12.9. The van der Waals surface area contributed by atoms with E-state index in [1.165, 1.54) is 24.3 Å². The fourth-order valence-electron chi connectivity index (χ4n) is 2.76. The van der Waals surface area contributed by atoms with E-state index in [9.17, 15) is 14.0 Å². The molecule has 0 fully saturated rings. The molecule has 0 saturated carbocycles. The van der Waals surface area contributed by atoms with E-state index in [0.717, 1.165) is 11.1 Å². The van der Waals surface area contributed by atoms with Crippen molar-refractivity contribution in [3.63, 3.8) is 0 Å². The number of para-hydroxylation sites is 1. The Morgan fingerprint density at radius 3 is 2.25 bits per heavy atom. The summed E-state index contributed by atoms with van der Waals surface area (Å²) in [6.45, 7) is -0.375. The molecule has 0 bridgehead atoms. The lowest BCUT2D eigenvalue weighted by molar-refractivity contribution is -0.146. The number of anilines is 1. The predicted molar refractivity (Wildman–Crippen MR) is 105 cm³/mol. The standard InChI is InChI=1S/C23H20FNO3/c24-20-12-10-18(11-13-20)15-23(27)28-16-22(26)25-21-9-5-4-8-19(21)14-17-6-2-1-3-7-17/h1-13H,14-16H2,(H,25,26). The second-order valence-corrected chi connectivity index (χ2v) is 6.33. The van der Waals surface area contributed by atoms with Crippen molar-refractivity contribution >= 4 is 17.6 Å². The van der Waals surface area contributed by atoms with Crippen molar-refractivity contribution in [1.82, 2.24) is 0 Å². The van der Waals surface area contributed by atoms with E-state index in [4.69, 9.17) is 4.74 Å². The highest BCUT2D eigenvalue weighted by Gasteiger charge is 2.11. The Kier molecular flexibility index (Phi) is 6.52. The molecule has 0 unspecified atom stereocenters. The molecule has 0 aliphatic carbocycles. The van der Waals surface area contributed by atoms with Crippen LogP contribution in [0.5, 0.6) is 0 Å². The molecule has 0 saturated heterocycles. The number of hydrogen-bond acceptors (Lipinski definition) is 3. The van der Waals surface area contributed by atoms with Crippen molar-refractivity contribution in [3.05, 3.63) is 101 Å². The highest BCUT2D eigenvalue weighted by molar-refractivity contribution is 5.93. The normalized spacial score (nSPS) is 10.3. The van der Waals surface area contributed by atoms with Crippen LogP contribution in [0.1, 0.15) is 16.7 Å². The predicted octanol–water partition coefficient (Wildman–Crippen LogP) is 4.14. The fraction of sp³-hybridized carbons (Fsp3) is 0.130. The van der Waals surface area contributed by atoms with Gasteiger partial charge in [0.25, 0.3) is 5.91 Å². The van der Waals surface area contributed by atoms with Gasteiger partial charge in [-0.15, -0.1) is 0 Å². The van der Waals surface area contributed by atoms with Crippen molar-refractivity contribution < 1.29 is 18.7 Å². The van der Waals surface area contributed by atoms with Crippen LogP contribution < -0.4 is 5.32 Å². The number of carbonyl (C=O) groups is 2. The number of benzene rings is 3. The van der Waals surface area contributed by atoms with Crippen LogP contribution in [0.4, 0.5) is 10.1 Å². The summed E-state index contributed by atoms with van der Waals surface area (Å²) < 4.78 is 17.9. The monoisotopic (exact) mass is 377 g/mol. The van der Waals surface area contributed by atoms with Gasteiger partial charge in [0.2, 0.25) is 0 Å². The van der Waals surface area contributed by atoms with Crippen LogP contribution in [-0.2, 0) is 27.2 Å². The van der Waals surface area contributed by atoms with Crippen LogP contribution in [0, 0.1) is 5.82 Å². The molecule has 4 nitrogen and oxygen atoms in total. The van der Waals surface area contributed by atoms with Crippen molar-refractivity contribution in [2.45, 2.75) is 12.8 Å². The first kappa shape index (κ1) is 19.3. The first-order chi connectivity index (χ1) is 13.6. The highest BCUT2D eigenvalue weighted by Crippen LogP contribution is 2.19. The van der Waals surface area contributed by atoms with Gasteiger partial charge in [-0.1, -0.05) is 60.7 Å². The Morgan fingerprint density at radius 2 is 1.50 bits per heavy atom. The first-order valence-electron chi connectivity index (χ1n) is 8.92. The zero-order valence-electron chi connectivity index (χ0n) is 15.2. The summed E-state index contributed by atoms with van der Waals surface area (Å²) in [5.74, 6) is -1.32. The van der Waals surface area contributed by atoms with Gasteiger partial charge in [0.1, 0.15) is 5.82 Å². The SMILES string of the molecule is O=C(COC(=O)Cc1ccc(F)cc1)Nc1ccccc1Cc1ccccc1. The number of ether oxygens (including phenoxy) is 1. The van der Waals surface area contributed by atoms with Crippen molar-refractivity contribution in [3.8, 4) is 0 Å². The van der Waals surface area contributed by atoms with Gasteiger partial charge in [-0.05, 0) is 41.3 Å². The Morgan fingerprint density at radius 1 is 0.821 bits per heavy atom. The second-order valence-electron chi connectivity index (χ2n) is 6.33. The van der Waals surface area contributed by atoms with Gasteiger partial charge in [0, 0.05) is 5.69 Å². The molecule has 0 aliphatic heterocycles. The minimum absolute atomic E-state index is 0.0157. The summed E-state index contributed by atoms with van der Waals surface area (Å²) in [4.78, 5) is 24.0. The minimum atomic E-state index is -0.542. The van der Waals surface area contributed by atoms with Gasteiger partial charge in [0.15, 0.2) is 6.61 Å².